The van der Waals surface area contributed by atoms with Gasteiger partial charge in [0.05, 0.1) is 20.1 Å². The highest BCUT2D eigenvalue weighted by Crippen LogP contribution is 2.39. The summed E-state index contributed by atoms with van der Waals surface area (Å²) < 4.78 is 16.1. The van der Waals surface area contributed by atoms with Gasteiger partial charge in [-0.2, -0.15) is 4.98 Å². The van der Waals surface area contributed by atoms with E-state index in [0.717, 1.165) is 31.2 Å². The second kappa shape index (κ2) is 7.40. The lowest BCUT2D eigenvalue weighted by Gasteiger charge is -2.35. The maximum atomic E-state index is 6.42. The molecule has 1 aliphatic rings. The Hall–Kier alpha value is -1.79. The molecule has 0 amide bonds. The number of hydrogen-bond acceptors (Lipinski definition) is 6. The average molecular weight is 354 g/mol. The predicted octanol–water partition coefficient (Wildman–Crippen LogP) is 3.55. The van der Waals surface area contributed by atoms with Gasteiger partial charge < -0.3 is 19.7 Å². The van der Waals surface area contributed by atoms with Crippen molar-refractivity contribution in [3.8, 4) is 22.9 Å². The number of aromatic nitrogens is 2. The van der Waals surface area contributed by atoms with E-state index in [1.54, 1.807) is 14.2 Å². The van der Waals surface area contributed by atoms with Crippen LogP contribution in [0.1, 0.15) is 44.4 Å². The number of benzene rings is 1. The summed E-state index contributed by atoms with van der Waals surface area (Å²) in [7, 11) is 3.21. The van der Waals surface area contributed by atoms with Crippen LogP contribution in [0.2, 0.25) is 0 Å². The van der Waals surface area contributed by atoms with Crippen LogP contribution < -0.4 is 15.2 Å². The Balaban J connectivity index is 0.00000208. The quantitative estimate of drug-likeness (QED) is 0.904. The molecular formula is C17H24ClN3O3. The summed E-state index contributed by atoms with van der Waals surface area (Å²) in [4.78, 5) is 4.58. The van der Waals surface area contributed by atoms with Crippen LogP contribution in [0.15, 0.2) is 22.7 Å². The van der Waals surface area contributed by atoms with Crippen molar-refractivity contribution in [3.63, 3.8) is 0 Å². The zero-order valence-corrected chi connectivity index (χ0v) is 15.1. The van der Waals surface area contributed by atoms with Crippen molar-refractivity contribution in [3.05, 3.63) is 24.1 Å². The highest BCUT2D eigenvalue weighted by Gasteiger charge is 2.37. The van der Waals surface area contributed by atoms with Crippen molar-refractivity contribution in [2.24, 2.45) is 5.73 Å². The van der Waals surface area contributed by atoms with Crippen LogP contribution >= 0.6 is 12.4 Å². The topological polar surface area (TPSA) is 83.4 Å². The maximum Gasteiger partial charge on any atom is 0.231 e. The lowest BCUT2D eigenvalue weighted by atomic mass is 9.74. The molecule has 1 saturated carbocycles. The van der Waals surface area contributed by atoms with Gasteiger partial charge in [-0.3, -0.25) is 0 Å². The third-order valence-electron chi connectivity index (χ3n) is 4.64. The summed E-state index contributed by atoms with van der Waals surface area (Å²) in [6, 6.07) is 5.56. The first kappa shape index (κ1) is 18.5. The first-order chi connectivity index (χ1) is 11.0. The molecule has 7 heteroatoms. The summed E-state index contributed by atoms with van der Waals surface area (Å²) in [5, 5.41) is 4.12. The number of ether oxygens (including phenoxy) is 2. The minimum Gasteiger partial charge on any atom is -0.493 e. The van der Waals surface area contributed by atoms with E-state index in [1.807, 2.05) is 18.2 Å². The summed E-state index contributed by atoms with van der Waals surface area (Å²) in [5.74, 6) is 2.58. The van der Waals surface area contributed by atoms with Crippen LogP contribution in [0.25, 0.3) is 11.4 Å². The molecular weight excluding hydrogens is 330 g/mol. The molecule has 1 aromatic heterocycles. The monoisotopic (exact) mass is 353 g/mol. The van der Waals surface area contributed by atoms with Crippen LogP contribution in [0.3, 0.4) is 0 Å². The normalized spacial score (nSPS) is 23.4. The molecule has 6 nitrogen and oxygen atoms in total. The van der Waals surface area contributed by atoms with E-state index in [1.165, 1.54) is 0 Å². The second-order valence-corrected chi connectivity index (χ2v) is 6.33. The highest BCUT2D eigenvalue weighted by molar-refractivity contribution is 5.85. The zero-order chi connectivity index (χ0) is 16.4. The Morgan fingerprint density at radius 3 is 2.62 bits per heavy atom. The van der Waals surface area contributed by atoms with E-state index in [-0.39, 0.29) is 23.9 Å². The van der Waals surface area contributed by atoms with Crippen molar-refractivity contribution in [1.82, 2.24) is 10.1 Å². The standard InChI is InChI=1S/C17H23N3O3.ClH/c1-17(18)9-5-4-6-12(17)16-19-15(20-23-16)11-7-8-13(21-2)14(10-11)22-3;/h7-8,10,12H,4-6,9,18H2,1-3H3;1H. The lowest BCUT2D eigenvalue weighted by molar-refractivity contribution is 0.223. The minimum absolute atomic E-state index is 0. The molecule has 24 heavy (non-hydrogen) atoms. The van der Waals surface area contributed by atoms with Crippen LogP contribution in [-0.2, 0) is 0 Å². The first-order valence-electron chi connectivity index (χ1n) is 7.90. The molecule has 1 aliphatic carbocycles. The number of rotatable bonds is 4. The van der Waals surface area contributed by atoms with Gasteiger partial charge in [-0.15, -0.1) is 12.4 Å². The summed E-state index contributed by atoms with van der Waals surface area (Å²) in [6.45, 7) is 2.07. The highest BCUT2D eigenvalue weighted by atomic mass is 35.5. The Kier molecular flexibility index (Phi) is 5.72. The summed E-state index contributed by atoms with van der Waals surface area (Å²) in [6.07, 6.45) is 4.26. The molecule has 2 atom stereocenters. The molecule has 3 rings (SSSR count). The smallest absolute Gasteiger partial charge is 0.231 e. The largest absolute Gasteiger partial charge is 0.493 e. The van der Waals surface area contributed by atoms with E-state index in [9.17, 15) is 0 Å². The van der Waals surface area contributed by atoms with Crippen molar-refractivity contribution in [2.75, 3.05) is 14.2 Å². The van der Waals surface area contributed by atoms with E-state index in [4.69, 9.17) is 19.7 Å². The third kappa shape index (κ3) is 3.49. The number of methoxy groups -OCH3 is 2. The molecule has 0 radical (unpaired) electrons. The lowest BCUT2D eigenvalue weighted by Crippen LogP contribution is -2.44. The van der Waals surface area contributed by atoms with Crippen LogP contribution in [0.5, 0.6) is 11.5 Å². The fourth-order valence-electron chi connectivity index (χ4n) is 3.23. The van der Waals surface area contributed by atoms with Gasteiger partial charge in [-0.1, -0.05) is 18.0 Å². The zero-order valence-electron chi connectivity index (χ0n) is 14.2. The van der Waals surface area contributed by atoms with Gasteiger partial charge in [0.2, 0.25) is 11.7 Å². The molecule has 132 valence electrons. The second-order valence-electron chi connectivity index (χ2n) is 6.33. The van der Waals surface area contributed by atoms with Crippen molar-refractivity contribution >= 4 is 12.4 Å². The predicted molar refractivity (Wildman–Crippen MR) is 93.9 cm³/mol. The molecule has 0 aliphatic heterocycles. The van der Waals surface area contributed by atoms with Crippen LogP contribution in [-0.4, -0.2) is 29.9 Å². The van der Waals surface area contributed by atoms with Crippen LogP contribution in [0.4, 0.5) is 0 Å². The van der Waals surface area contributed by atoms with Crippen molar-refractivity contribution in [1.29, 1.82) is 0 Å². The number of hydrogen-bond donors (Lipinski definition) is 1. The van der Waals surface area contributed by atoms with Gasteiger partial charge in [0.15, 0.2) is 11.5 Å². The Morgan fingerprint density at radius 2 is 1.96 bits per heavy atom. The Bertz CT molecular complexity index is 687. The van der Waals surface area contributed by atoms with Gasteiger partial charge >= 0.3 is 0 Å². The van der Waals surface area contributed by atoms with Gasteiger partial charge in [-0.25, -0.2) is 0 Å². The molecule has 1 fully saturated rings. The van der Waals surface area contributed by atoms with Gasteiger partial charge in [0, 0.05) is 11.1 Å². The molecule has 2 aromatic rings. The first-order valence-corrected chi connectivity index (χ1v) is 7.90. The van der Waals surface area contributed by atoms with E-state index in [0.29, 0.717) is 23.2 Å². The molecule has 0 bridgehead atoms. The van der Waals surface area contributed by atoms with Crippen molar-refractivity contribution < 1.29 is 14.0 Å². The number of nitrogens with zero attached hydrogens (tertiary/aromatic N) is 2. The SMILES string of the molecule is COc1ccc(-c2noc(C3CCCCC3(C)N)n2)cc1OC.Cl. The van der Waals surface area contributed by atoms with Gasteiger partial charge in [0.25, 0.3) is 0 Å². The molecule has 2 N–H and O–H groups in total. The number of nitrogens with two attached hydrogens (primary N) is 1. The van der Waals surface area contributed by atoms with Crippen molar-refractivity contribution in [2.45, 2.75) is 44.1 Å². The molecule has 0 spiro atoms. The maximum absolute atomic E-state index is 6.42. The summed E-state index contributed by atoms with van der Waals surface area (Å²) in [5.41, 5.74) is 6.96. The fourth-order valence-corrected chi connectivity index (χ4v) is 3.23. The number of halogens is 1. The third-order valence-corrected chi connectivity index (χ3v) is 4.64. The van der Waals surface area contributed by atoms with Gasteiger partial charge in [-0.05, 0) is 38.0 Å². The molecule has 2 unspecified atom stereocenters. The van der Waals surface area contributed by atoms with E-state index < -0.39 is 0 Å². The molecule has 1 heterocycles. The Morgan fingerprint density at radius 1 is 1.21 bits per heavy atom. The van der Waals surface area contributed by atoms with E-state index in [2.05, 4.69) is 17.1 Å². The van der Waals surface area contributed by atoms with Crippen LogP contribution in [0, 0.1) is 0 Å². The average Bonchev–Trinajstić information content (AvgIpc) is 3.03. The Labute approximate surface area is 148 Å². The van der Waals surface area contributed by atoms with Gasteiger partial charge in [0.1, 0.15) is 0 Å². The minimum atomic E-state index is -0.292. The van der Waals surface area contributed by atoms with E-state index >= 15 is 0 Å². The molecule has 1 aromatic carbocycles. The molecule has 0 saturated heterocycles. The summed E-state index contributed by atoms with van der Waals surface area (Å²) >= 11 is 0. The fraction of sp³-hybridized carbons (Fsp3) is 0.529.